The molecule has 0 N–H and O–H groups in total. The zero-order valence-corrected chi connectivity index (χ0v) is 14.4. The molecule has 0 fully saturated rings. The molecular weight excluding hydrogens is 308 g/mol. The van der Waals surface area contributed by atoms with E-state index in [0.717, 1.165) is 11.3 Å². The second-order valence-electron chi connectivity index (χ2n) is 6.99. The first-order chi connectivity index (χ1) is 12.2. The zero-order valence-electron chi connectivity index (χ0n) is 14.4. The summed E-state index contributed by atoms with van der Waals surface area (Å²) in [6, 6.07) is 17.3. The minimum Gasteiger partial charge on any atom is -0.460 e. The van der Waals surface area contributed by atoms with Crippen LogP contribution in [0.25, 0.3) is 49.2 Å². The normalized spacial score (nSPS) is 12.6. The first-order valence-corrected chi connectivity index (χ1v) is 8.62. The highest BCUT2D eigenvalue weighted by Crippen LogP contribution is 2.41. The average Bonchev–Trinajstić information content (AvgIpc) is 3.12. The van der Waals surface area contributed by atoms with Crippen LogP contribution >= 0.6 is 0 Å². The minimum atomic E-state index is 0.961. The van der Waals surface area contributed by atoms with Gasteiger partial charge in [0.25, 0.3) is 0 Å². The number of nitrogens with zero attached hydrogens (tertiary/aromatic N) is 2. The monoisotopic (exact) mass is 325 g/mol. The zero-order chi connectivity index (χ0) is 16.9. The summed E-state index contributed by atoms with van der Waals surface area (Å²) >= 11 is 0. The van der Waals surface area contributed by atoms with Gasteiger partial charge in [-0.2, -0.15) is 4.57 Å². The molecule has 6 rings (SSSR count). The molecular formula is C22H17N2O+. The Morgan fingerprint density at radius 2 is 1.68 bits per heavy atom. The number of furan rings is 1. The van der Waals surface area contributed by atoms with Gasteiger partial charge in [-0.05, 0) is 25.1 Å². The van der Waals surface area contributed by atoms with Gasteiger partial charge in [-0.15, -0.1) is 0 Å². The van der Waals surface area contributed by atoms with Crippen molar-refractivity contribution in [2.75, 3.05) is 0 Å². The van der Waals surface area contributed by atoms with Crippen LogP contribution in [0, 0.1) is 13.8 Å². The number of para-hydroxylation sites is 1. The number of hydrogen-bond acceptors (Lipinski definition) is 1. The van der Waals surface area contributed by atoms with E-state index in [1.165, 1.54) is 49.3 Å². The van der Waals surface area contributed by atoms with Gasteiger partial charge in [0.2, 0.25) is 5.52 Å². The molecule has 120 valence electrons. The molecule has 0 aliphatic rings. The predicted molar refractivity (Wildman–Crippen MR) is 102 cm³/mol. The van der Waals surface area contributed by atoms with E-state index in [1.54, 1.807) is 0 Å². The maximum Gasteiger partial charge on any atom is 0.241 e. The molecule has 0 saturated carbocycles. The fourth-order valence-electron chi connectivity index (χ4n) is 4.54. The molecule has 4 aromatic heterocycles. The van der Waals surface area contributed by atoms with Crippen molar-refractivity contribution >= 4 is 49.2 Å². The molecule has 4 heterocycles. The van der Waals surface area contributed by atoms with Crippen LogP contribution in [0.5, 0.6) is 0 Å². The average molecular weight is 325 g/mol. The number of rotatable bonds is 0. The number of fused-ring (bicyclic) bond motifs is 5. The standard InChI is InChI=1S/C22H17N2O/c1-12-11-15-14-7-4-5-8-16(14)24-17-9-6-10-18-20(17)19(13(2)25-18)22(21(15)24)23(12)3/h4-11H,1-3H3/q+1. The minimum absolute atomic E-state index is 0.961. The lowest BCUT2D eigenvalue weighted by molar-refractivity contribution is -0.650. The summed E-state index contributed by atoms with van der Waals surface area (Å²) < 4.78 is 10.8. The van der Waals surface area contributed by atoms with Crippen molar-refractivity contribution in [1.29, 1.82) is 0 Å². The number of aromatic nitrogens is 2. The summed E-state index contributed by atoms with van der Waals surface area (Å²) in [6.07, 6.45) is 0. The van der Waals surface area contributed by atoms with Crippen molar-refractivity contribution < 1.29 is 8.98 Å². The van der Waals surface area contributed by atoms with E-state index in [0.29, 0.717) is 0 Å². The maximum atomic E-state index is 6.12. The lowest BCUT2D eigenvalue weighted by atomic mass is 10.1. The number of hydrogen-bond donors (Lipinski definition) is 0. The van der Waals surface area contributed by atoms with Crippen LogP contribution < -0.4 is 4.57 Å². The summed E-state index contributed by atoms with van der Waals surface area (Å²) in [5.41, 5.74) is 7.20. The van der Waals surface area contributed by atoms with Crippen LogP contribution in [-0.2, 0) is 7.05 Å². The van der Waals surface area contributed by atoms with E-state index in [-0.39, 0.29) is 0 Å². The fourth-order valence-corrected chi connectivity index (χ4v) is 4.54. The molecule has 0 aliphatic carbocycles. The van der Waals surface area contributed by atoms with Crippen molar-refractivity contribution in [1.82, 2.24) is 4.40 Å². The number of pyridine rings is 2. The van der Waals surface area contributed by atoms with E-state index < -0.39 is 0 Å². The summed E-state index contributed by atoms with van der Waals surface area (Å²) in [5, 5.41) is 5.07. The third kappa shape index (κ3) is 1.37. The Hall–Kier alpha value is -3.07. The third-order valence-corrected chi connectivity index (χ3v) is 5.70. The van der Waals surface area contributed by atoms with E-state index in [9.17, 15) is 0 Å². The molecule has 25 heavy (non-hydrogen) atoms. The topological polar surface area (TPSA) is 21.4 Å². The highest BCUT2D eigenvalue weighted by atomic mass is 16.3. The molecule has 3 heteroatoms. The highest BCUT2D eigenvalue weighted by Gasteiger charge is 2.27. The predicted octanol–water partition coefficient (Wildman–Crippen LogP) is 5.02. The molecule has 0 atom stereocenters. The molecule has 6 aromatic rings. The van der Waals surface area contributed by atoms with Crippen LogP contribution in [-0.4, -0.2) is 4.40 Å². The van der Waals surface area contributed by atoms with Crippen molar-refractivity contribution in [3.05, 3.63) is 60.0 Å². The number of benzene rings is 2. The lowest BCUT2D eigenvalue weighted by Crippen LogP contribution is -2.33. The molecule has 0 radical (unpaired) electrons. The van der Waals surface area contributed by atoms with Crippen molar-refractivity contribution in [2.45, 2.75) is 13.8 Å². The lowest BCUT2D eigenvalue weighted by Gasteiger charge is -2.08. The van der Waals surface area contributed by atoms with E-state index >= 15 is 0 Å². The van der Waals surface area contributed by atoms with E-state index in [1.807, 2.05) is 0 Å². The Kier molecular flexibility index (Phi) is 2.18. The van der Waals surface area contributed by atoms with Gasteiger partial charge >= 0.3 is 0 Å². The van der Waals surface area contributed by atoms with Gasteiger partial charge in [0.05, 0.1) is 21.8 Å². The molecule has 2 aromatic carbocycles. The molecule has 0 bridgehead atoms. The Morgan fingerprint density at radius 1 is 0.880 bits per heavy atom. The van der Waals surface area contributed by atoms with Gasteiger partial charge in [-0.1, -0.05) is 24.3 Å². The Labute approximate surface area is 144 Å². The highest BCUT2D eigenvalue weighted by molar-refractivity contribution is 6.25. The summed E-state index contributed by atoms with van der Waals surface area (Å²) in [4.78, 5) is 0. The van der Waals surface area contributed by atoms with Crippen LogP contribution in [0.1, 0.15) is 11.5 Å². The van der Waals surface area contributed by atoms with Gasteiger partial charge in [-0.3, -0.25) is 0 Å². The van der Waals surface area contributed by atoms with Crippen LogP contribution in [0.4, 0.5) is 0 Å². The molecule has 0 amide bonds. The smallest absolute Gasteiger partial charge is 0.241 e. The largest absolute Gasteiger partial charge is 0.460 e. The summed E-state index contributed by atoms with van der Waals surface area (Å²) in [7, 11) is 2.15. The van der Waals surface area contributed by atoms with E-state index in [4.69, 9.17) is 4.42 Å². The second-order valence-corrected chi connectivity index (χ2v) is 6.99. The second kappa shape index (κ2) is 4.12. The summed E-state index contributed by atoms with van der Waals surface area (Å²) in [6.45, 7) is 4.25. The number of aryl methyl sites for hydroxylation is 3. The SMILES string of the molecule is Cc1oc2cccc3c2c1c1c2c(cc(C)[n+]1C)c1ccccc1n32. The van der Waals surface area contributed by atoms with Crippen LogP contribution in [0.2, 0.25) is 0 Å². The van der Waals surface area contributed by atoms with Gasteiger partial charge in [-0.25, -0.2) is 0 Å². The van der Waals surface area contributed by atoms with Gasteiger partial charge < -0.3 is 8.82 Å². The maximum absolute atomic E-state index is 6.12. The third-order valence-electron chi connectivity index (χ3n) is 5.70. The van der Waals surface area contributed by atoms with Crippen molar-refractivity contribution in [3.8, 4) is 0 Å². The molecule has 0 unspecified atom stereocenters. The van der Waals surface area contributed by atoms with Gasteiger partial charge in [0, 0.05) is 23.8 Å². The van der Waals surface area contributed by atoms with E-state index in [2.05, 4.69) is 78.4 Å². The molecule has 3 nitrogen and oxygen atoms in total. The Balaban J connectivity index is 2.18. The van der Waals surface area contributed by atoms with Crippen LogP contribution in [0.15, 0.2) is 52.9 Å². The first kappa shape index (κ1) is 13.2. The molecule has 0 aliphatic heterocycles. The molecule has 0 saturated heterocycles. The Morgan fingerprint density at radius 3 is 2.56 bits per heavy atom. The Bertz CT molecular complexity index is 1470. The van der Waals surface area contributed by atoms with Gasteiger partial charge in [0.1, 0.15) is 23.9 Å². The van der Waals surface area contributed by atoms with Crippen molar-refractivity contribution in [3.63, 3.8) is 0 Å². The van der Waals surface area contributed by atoms with Crippen LogP contribution in [0.3, 0.4) is 0 Å². The first-order valence-electron chi connectivity index (χ1n) is 8.62. The quantitative estimate of drug-likeness (QED) is 0.284. The van der Waals surface area contributed by atoms with Gasteiger partial charge in [0.15, 0.2) is 5.69 Å². The fraction of sp³-hybridized carbons (Fsp3) is 0.136. The van der Waals surface area contributed by atoms with Crippen molar-refractivity contribution in [2.24, 2.45) is 7.05 Å². The molecule has 0 spiro atoms. The summed E-state index contributed by atoms with van der Waals surface area (Å²) in [5.74, 6) is 0.987.